The number of aromatic hydroxyl groups is 1. The van der Waals surface area contributed by atoms with Crippen molar-refractivity contribution in [3.8, 4) is 17.1 Å². The van der Waals surface area contributed by atoms with Crippen molar-refractivity contribution < 1.29 is 9.63 Å². The Morgan fingerprint density at radius 2 is 1.94 bits per heavy atom. The van der Waals surface area contributed by atoms with Gasteiger partial charge in [-0.25, -0.2) is 0 Å². The van der Waals surface area contributed by atoms with E-state index in [0.29, 0.717) is 18.3 Å². The van der Waals surface area contributed by atoms with Gasteiger partial charge in [-0.15, -0.1) is 0 Å². The molecule has 3 N–H and O–H groups in total. The molecule has 0 saturated carbocycles. The molecular formula is C12H15N3O2. The number of nitrogens with zero attached hydrogens (tertiary/aromatic N) is 2. The fourth-order valence-corrected chi connectivity index (χ4v) is 1.50. The van der Waals surface area contributed by atoms with Gasteiger partial charge in [0.15, 0.2) is 0 Å². The molecule has 0 radical (unpaired) electrons. The fraction of sp³-hybridized carbons (Fsp3) is 0.333. The molecule has 0 aliphatic heterocycles. The van der Waals surface area contributed by atoms with Gasteiger partial charge in [0.1, 0.15) is 5.75 Å². The predicted molar refractivity (Wildman–Crippen MR) is 63.4 cm³/mol. The minimum absolute atomic E-state index is 0.223. The maximum absolute atomic E-state index is 9.18. The maximum atomic E-state index is 9.18. The summed E-state index contributed by atoms with van der Waals surface area (Å²) >= 11 is 0. The minimum atomic E-state index is 0.223. The normalized spacial score (nSPS) is 10.6. The molecule has 5 nitrogen and oxygen atoms in total. The van der Waals surface area contributed by atoms with E-state index in [1.54, 1.807) is 24.3 Å². The smallest absolute Gasteiger partial charge is 0.226 e. The first-order chi connectivity index (χ1) is 8.29. The molecular weight excluding hydrogens is 218 g/mol. The average Bonchev–Trinajstić information content (AvgIpc) is 2.79. The Morgan fingerprint density at radius 3 is 2.65 bits per heavy atom. The largest absolute Gasteiger partial charge is 0.508 e. The molecule has 0 aliphatic rings. The Labute approximate surface area is 99.3 Å². The zero-order chi connectivity index (χ0) is 12.1. The van der Waals surface area contributed by atoms with Gasteiger partial charge in [-0.1, -0.05) is 5.16 Å². The van der Waals surface area contributed by atoms with Crippen LogP contribution in [0.5, 0.6) is 5.75 Å². The van der Waals surface area contributed by atoms with Crippen LogP contribution in [0.1, 0.15) is 18.7 Å². The van der Waals surface area contributed by atoms with Crippen molar-refractivity contribution in [2.24, 2.45) is 5.73 Å². The van der Waals surface area contributed by atoms with Crippen molar-refractivity contribution in [3.63, 3.8) is 0 Å². The lowest BCUT2D eigenvalue weighted by Crippen LogP contribution is -1.99. The van der Waals surface area contributed by atoms with Crippen LogP contribution < -0.4 is 5.73 Å². The van der Waals surface area contributed by atoms with E-state index in [1.165, 1.54) is 0 Å². The molecule has 0 aliphatic carbocycles. The third kappa shape index (κ3) is 3.04. The van der Waals surface area contributed by atoms with E-state index in [4.69, 9.17) is 10.3 Å². The van der Waals surface area contributed by atoms with Crippen LogP contribution in [0.2, 0.25) is 0 Å². The molecule has 90 valence electrons. The highest BCUT2D eigenvalue weighted by Crippen LogP contribution is 2.19. The van der Waals surface area contributed by atoms with Crippen molar-refractivity contribution >= 4 is 0 Å². The Kier molecular flexibility index (Phi) is 3.72. The number of phenols is 1. The van der Waals surface area contributed by atoms with Gasteiger partial charge in [0.05, 0.1) is 0 Å². The fourth-order valence-electron chi connectivity index (χ4n) is 1.50. The quantitative estimate of drug-likeness (QED) is 0.768. The zero-order valence-electron chi connectivity index (χ0n) is 9.47. The number of aromatic nitrogens is 2. The van der Waals surface area contributed by atoms with Gasteiger partial charge in [0.25, 0.3) is 0 Å². The van der Waals surface area contributed by atoms with E-state index in [9.17, 15) is 5.11 Å². The number of benzene rings is 1. The molecule has 5 heteroatoms. The van der Waals surface area contributed by atoms with Crippen molar-refractivity contribution in [2.45, 2.75) is 19.3 Å². The molecule has 1 heterocycles. The van der Waals surface area contributed by atoms with Gasteiger partial charge in [-0.05, 0) is 43.7 Å². The highest BCUT2D eigenvalue weighted by Gasteiger charge is 2.07. The minimum Gasteiger partial charge on any atom is -0.508 e. The molecule has 17 heavy (non-hydrogen) atoms. The summed E-state index contributed by atoms with van der Waals surface area (Å²) in [5.41, 5.74) is 6.24. The van der Waals surface area contributed by atoms with E-state index < -0.39 is 0 Å². The first-order valence-electron chi connectivity index (χ1n) is 5.61. The SMILES string of the molecule is NCCCCc1nc(-c2ccc(O)cc2)no1. The average molecular weight is 233 g/mol. The van der Waals surface area contributed by atoms with Crippen LogP contribution in [0.25, 0.3) is 11.4 Å². The van der Waals surface area contributed by atoms with Crippen molar-refractivity contribution in [2.75, 3.05) is 6.54 Å². The number of nitrogens with two attached hydrogens (primary N) is 1. The van der Waals surface area contributed by atoms with Gasteiger partial charge in [0, 0.05) is 12.0 Å². The maximum Gasteiger partial charge on any atom is 0.226 e. The van der Waals surface area contributed by atoms with Crippen LogP contribution in [-0.2, 0) is 6.42 Å². The molecule has 1 aromatic heterocycles. The van der Waals surface area contributed by atoms with Crippen LogP contribution in [0.3, 0.4) is 0 Å². The second kappa shape index (κ2) is 5.45. The number of hydrogen-bond donors (Lipinski definition) is 2. The molecule has 0 bridgehead atoms. The summed E-state index contributed by atoms with van der Waals surface area (Å²) in [7, 11) is 0. The number of unbranched alkanes of at least 4 members (excludes halogenated alkanes) is 1. The molecule has 0 saturated heterocycles. The first-order valence-corrected chi connectivity index (χ1v) is 5.61. The Morgan fingerprint density at radius 1 is 1.18 bits per heavy atom. The summed E-state index contributed by atoms with van der Waals surface area (Å²) in [4.78, 5) is 4.28. The molecule has 0 spiro atoms. The van der Waals surface area contributed by atoms with E-state index in [2.05, 4.69) is 10.1 Å². The Hall–Kier alpha value is -1.88. The van der Waals surface area contributed by atoms with Gasteiger partial charge in [-0.2, -0.15) is 4.98 Å². The highest BCUT2D eigenvalue weighted by atomic mass is 16.5. The van der Waals surface area contributed by atoms with E-state index in [0.717, 1.165) is 24.8 Å². The van der Waals surface area contributed by atoms with Crippen LogP contribution in [-0.4, -0.2) is 21.8 Å². The van der Waals surface area contributed by atoms with Crippen LogP contribution in [0.4, 0.5) is 0 Å². The molecule has 0 fully saturated rings. The van der Waals surface area contributed by atoms with Crippen LogP contribution in [0, 0.1) is 0 Å². The predicted octanol–water partition coefficient (Wildman–Crippen LogP) is 1.72. The van der Waals surface area contributed by atoms with Gasteiger partial charge in [-0.3, -0.25) is 0 Å². The molecule has 2 aromatic rings. The lowest BCUT2D eigenvalue weighted by molar-refractivity contribution is 0.375. The third-order valence-electron chi connectivity index (χ3n) is 2.44. The number of aryl methyl sites for hydroxylation is 1. The van der Waals surface area contributed by atoms with Crippen molar-refractivity contribution in [1.29, 1.82) is 0 Å². The summed E-state index contributed by atoms with van der Waals surface area (Å²) in [5.74, 6) is 1.40. The number of phenolic OH excluding ortho intramolecular Hbond substituents is 1. The third-order valence-corrected chi connectivity index (χ3v) is 2.44. The second-order valence-corrected chi connectivity index (χ2v) is 3.80. The van der Waals surface area contributed by atoms with Crippen molar-refractivity contribution in [3.05, 3.63) is 30.2 Å². The molecule has 0 amide bonds. The van der Waals surface area contributed by atoms with Crippen LogP contribution >= 0.6 is 0 Å². The standard InChI is InChI=1S/C12H15N3O2/c13-8-2-1-3-11-14-12(15-17-11)9-4-6-10(16)7-5-9/h4-7,16H,1-3,8,13H2. The molecule has 1 aromatic carbocycles. The summed E-state index contributed by atoms with van der Waals surface area (Å²) in [6, 6.07) is 6.70. The monoisotopic (exact) mass is 233 g/mol. The topological polar surface area (TPSA) is 85.2 Å². The zero-order valence-corrected chi connectivity index (χ0v) is 9.47. The number of hydrogen-bond acceptors (Lipinski definition) is 5. The van der Waals surface area contributed by atoms with E-state index >= 15 is 0 Å². The summed E-state index contributed by atoms with van der Waals surface area (Å²) in [6.07, 6.45) is 2.66. The molecule has 2 rings (SSSR count). The lowest BCUT2D eigenvalue weighted by Gasteiger charge is -1.94. The second-order valence-electron chi connectivity index (χ2n) is 3.80. The van der Waals surface area contributed by atoms with E-state index in [-0.39, 0.29) is 5.75 Å². The summed E-state index contributed by atoms with van der Waals surface area (Å²) in [5, 5.41) is 13.1. The van der Waals surface area contributed by atoms with Gasteiger partial charge < -0.3 is 15.4 Å². The molecule has 0 atom stereocenters. The lowest BCUT2D eigenvalue weighted by atomic mass is 10.2. The van der Waals surface area contributed by atoms with E-state index in [1.807, 2.05) is 0 Å². The van der Waals surface area contributed by atoms with Gasteiger partial charge in [0.2, 0.25) is 11.7 Å². The number of rotatable bonds is 5. The molecule has 0 unspecified atom stereocenters. The Balaban J connectivity index is 2.04. The first kappa shape index (κ1) is 11.6. The van der Waals surface area contributed by atoms with Crippen LogP contribution in [0.15, 0.2) is 28.8 Å². The highest BCUT2D eigenvalue weighted by molar-refractivity contribution is 5.55. The van der Waals surface area contributed by atoms with Gasteiger partial charge >= 0.3 is 0 Å². The summed E-state index contributed by atoms with van der Waals surface area (Å²) < 4.78 is 5.13. The van der Waals surface area contributed by atoms with Crippen molar-refractivity contribution in [1.82, 2.24) is 10.1 Å². The summed E-state index contributed by atoms with van der Waals surface area (Å²) in [6.45, 7) is 0.680. The Bertz CT molecular complexity index is 465.